The number of fused-ring (bicyclic) bond motifs is 3. The minimum atomic E-state index is -0.379. The van der Waals surface area contributed by atoms with E-state index < -0.39 is 0 Å². The summed E-state index contributed by atoms with van der Waals surface area (Å²) >= 11 is 0. The van der Waals surface area contributed by atoms with Gasteiger partial charge in [-0.3, -0.25) is 10.1 Å². The smallest absolute Gasteiger partial charge is 0.311 e. The van der Waals surface area contributed by atoms with Crippen LogP contribution in [0.2, 0.25) is 0 Å². The van der Waals surface area contributed by atoms with Crippen LogP contribution in [0.4, 0.5) is 11.4 Å². The lowest BCUT2D eigenvalue weighted by atomic mass is 9.76. The van der Waals surface area contributed by atoms with E-state index in [0.717, 1.165) is 17.7 Å². The third-order valence-electron chi connectivity index (χ3n) is 6.23. The second-order valence-electron chi connectivity index (χ2n) is 7.83. The van der Waals surface area contributed by atoms with Gasteiger partial charge >= 0.3 is 5.69 Å². The van der Waals surface area contributed by atoms with Crippen molar-refractivity contribution in [1.29, 1.82) is 0 Å². The Morgan fingerprint density at radius 3 is 2.63 bits per heavy atom. The molecule has 30 heavy (non-hydrogen) atoms. The topological polar surface area (TPSA) is 64.4 Å². The minimum Gasteiger partial charge on any atom is -0.490 e. The molecule has 1 N–H and O–H groups in total. The highest BCUT2D eigenvalue weighted by Gasteiger charge is 2.38. The molecule has 3 atom stereocenters. The van der Waals surface area contributed by atoms with Crippen LogP contribution in [0.1, 0.15) is 29.5 Å². The number of benzene rings is 3. The minimum absolute atomic E-state index is 0.00419. The van der Waals surface area contributed by atoms with Gasteiger partial charge in [0.15, 0.2) is 5.75 Å². The van der Waals surface area contributed by atoms with Crippen molar-refractivity contribution < 1.29 is 9.66 Å². The standard InChI is InChI=1S/C25H22N2O3/c1-30-24-13-11-18(15-23(24)27(28)29)25-20-9-5-8-19(20)21-14-17(10-12-22(21)26-25)16-6-3-2-4-7-16/h2-8,10-15,19-20,25-26H,9H2,1H3/t19-,20+,25+/m0/s1. The fourth-order valence-corrected chi connectivity index (χ4v) is 4.78. The fourth-order valence-electron chi connectivity index (χ4n) is 4.78. The molecule has 1 aliphatic heterocycles. The van der Waals surface area contributed by atoms with Gasteiger partial charge in [-0.2, -0.15) is 0 Å². The number of ether oxygens (including phenoxy) is 1. The van der Waals surface area contributed by atoms with Crippen molar-refractivity contribution in [3.63, 3.8) is 0 Å². The molecule has 2 aliphatic rings. The maximum atomic E-state index is 11.5. The van der Waals surface area contributed by atoms with Gasteiger partial charge in [0, 0.05) is 17.7 Å². The number of nitro benzene ring substituents is 1. The zero-order valence-corrected chi connectivity index (χ0v) is 16.6. The van der Waals surface area contributed by atoms with Crippen molar-refractivity contribution >= 4 is 11.4 Å². The van der Waals surface area contributed by atoms with Crippen LogP contribution in [0.3, 0.4) is 0 Å². The van der Waals surface area contributed by atoms with Crippen molar-refractivity contribution in [1.82, 2.24) is 0 Å². The highest BCUT2D eigenvalue weighted by Crippen LogP contribution is 2.51. The number of hydrogen-bond donors (Lipinski definition) is 1. The van der Waals surface area contributed by atoms with Gasteiger partial charge in [0.05, 0.1) is 18.1 Å². The van der Waals surface area contributed by atoms with E-state index in [4.69, 9.17) is 4.74 Å². The molecule has 0 bridgehead atoms. The van der Waals surface area contributed by atoms with E-state index in [1.165, 1.54) is 23.8 Å². The average Bonchev–Trinajstić information content (AvgIpc) is 3.28. The monoisotopic (exact) mass is 398 g/mol. The number of hydrogen-bond acceptors (Lipinski definition) is 4. The summed E-state index contributed by atoms with van der Waals surface area (Å²) in [5.74, 6) is 0.890. The van der Waals surface area contributed by atoms with Crippen LogP contribution in [0, 0.1) is 16.0 Å². The molecule has 150 valence electrons. The summed E-state index contributed by atoms with van der Waals surface area (Å²) in [5.41, 5.74) is 5.70. The van der Waals surface area contributed by atoms with Gasteiger partial charge < -0.3 is 10.1 Å². The Hall–Kier alpha value is -3.60. The Balaban J connectivity index is 1.55. The summed E-state index contributed by atoms with van der Waals surface area (Å²) in [7, 11) is 1.46. The zero-order valence-electron chi connectivity index (χ0n) is 16.6. The van der Waals surface area contributed by atoms with Crippen LogP contribution >= 0.6 is 0 Å². The highest BCUT2D eigenvalue weighted by molar-refractivity contribution is 5.71. The highest BCUT2D eigenvalue weighted by atomic mass is 16.6. The first-order valence-corrected chi connectivity index (χ1v) is 10.1. The number of anilines is 1. The van der Waals surface area contributed by atoms with E-state index in [2.05, 4.69) is 59.9 Å². The Bertz CT molecular complexity index is 1140. The first kappa shape index (κ1) is 18.4. The summed E-state index contributed by atoms with van der Waals surface area (Å²) in [4.78, 5) is 11.1. The lowest BCUT2D eigenvalue weighted by molar-refractivity contribution is -0.385. The van der Waals surface area contributed by atoms with Gasteiger partial charge in [0.1, 0.15) is 0 Å². The van der Waals surface area contributed by atoms with E-state index in [0.29, 0.717) is 5.92 Å². The van der Waals surface area contributed by atoms with Gasteiger partial charge in [-0.05, 0) is 52.8 Å². The maximum Gasteiger partial charge on any atom is 0.311 e. The van der Waals surface area contributed by atoms with Crippen molar-refractivity contribution in [3.05, 3.63) is 100 Å². The second-order valence-corrected chi connectivity index (χ2v) is 7.83. The van der Waals surface area contributed by atoms with Gasteiger partial charge in [-0.15, -0.1) is 0 Å². The molecule has 0 saturated heterocycles. The lowest BCUT2D eigenvalue weighted by Crippen LogP contribution is -2.29. The second kappa shape index (κ2) is 7.34. The van der Waals surface area contributed by atoms with Crippen molar-refractivity contribution in [2.45, 2.75) is 18.4 Å². The first-order valence-electron chi connectivity index (χ1n) is 10.1. The Morgan fingerprint density at radius 1 is 1.03 bits per heavy atom. The number of rotatable bonds is 4. The van der Waals surface area contributed by atoms with Gasteiger partial charge in [0.25, 0.3) is 0 Å². The first-order chi connectivity index (χ1) is 14.7. The summed E-state index contributed by atoms with van der Waals surface area (Å²) in [6, 6.07) is 22.2. The van der Waals surface area contributed by atoms with Crippen LogP contribution < -0.4 is 10.1 Å². The van der Waals surface area contributed by atoms with Crippen molar-refractivity contribution in [2.75, 3.05) is 12.4 Å². The average molecular weight is 398 g/mol. The molecule has 0 spiro atoms. The van der Waals surface area contributed by atoms with Crippen LogP contribution in [0.25, 0.3) is 11.1 Å². The SMILES string of the molecule is COc1ccc([C@H]2Nc3ccc(-c4ccccc4)cc3[C@H]3C=CC[C@H]32)cc1[N+](=O)[O-]. The van der Waals surface area contributed by atoms with E-state index in [1.54, 1.807) is 12.1 Å². The zero-order chi connectivity index (χ0) is 20.7. The summed E-state index contributed by atoms with van der Waals surface area (Å²) < 4.78 is 5.17. The van der Waals surface area contributed by atoms with E-state index in [-0.39, 0.29) is 28.3 Å². The van der Waals surface area contributed by atoms with E-state index in [9.17, 15) is 10.1 Å². The van der Waals surface area contributed by atoms with Crippen molar-refractivity contribution in [2.24, 2.45) is 5.92 Å². The normalized spacial score (nSPS) is 21.4. The number of nitro groups is 1. The molecule has 5 heteroatoms. The number of nitrogens with zero attached hydrogens (tertiary/aromatic N) is 1. The number of nitrogens with one attached hydrogen (secondary N) is 1. The maximum absolute atomic E-state index is 11.5. The Labute approximate surface area is 175 Å². The van der Waals surface area contributed by atoms with Crippen LogP contribution in [0.5, 0.6) is 5.75 Å². The van der Waals surface area contributed by atoms with E-state index >= 15 is 0 Å². The molecule has 0 radical (unpaired) electrons. The molecule has 1 heterocycles. The lowest BCUT2D eigenvalue weighted by Gasteiger charge is -2.37. The molecule has 0 amide bonds. The summed E-state index contributed by atoms with van der Waals surface area (Å²) in [5, 5.41) is 15.2. The van der Waals surface area contributed by atoms with Crippen LogP contribution in [0.15, 0.2) is 78.9 Å². The molecule has 3 aromatic rings. The number of methoxy groups -OCH3 is 1. The molecule has 0 aromatic heterocycles. The predicted molar refractivity (Wildman–Crippen MR) is 118 cm³/mol. The fraction of sp³-hybridized carbons (Fsp3) is 0.200. The Morgan fingerprint density at radius 2 is 1.87 bits per heavy atom. The number of allylic oxidation sites excluding steroid dienone is 2. The van der Waals surface area contributed by atoms with Crippen molar-refractivity contribution in [3.8, 4) is 16.9 Å². The van der Waals surface area contributed by atoms with E-state index in [1.807, 2.05) is 12.1 Å². The summed E-state index contributed by atoms with van der Waals surface area (Å²) in [6.07, 6.45) is 5.45. The molecular weight excluding hydrogens is 376 g/mol. The molecule has 1 aliphatic carbocycles. The molecule has 5 rings (SSSR count). The predicted octanol–water partition coefficient (Wildman–Crippen LogP) is 6.10. The van der Waals surface area contributed by atoms with Gasteiger partial charge in [0.2, 0.25) is 0 Å². The van der Waals surface area contributed by atoms with Crippen LogP contribution in [-0.2, 0) is 0 Å². The quantitative estimate of drug-likeness (QED) is 0.328. The molecule has 0 saturated carbocycles. The molecule has 3 aromatic carbocycles. The third-order valence-corrected chi connectivity index (χ3v) is 6.23. The molecule has 0 fully saturated rings. The molecule has 0 unspecified atom stereocenters. The Kier molecular flexibility index (Phi) is 4.51. The van der Waals surface area contributed by atoms with Crippen LogP contribution in [-0.4, -0.2) is 12.0 Å². The van der Waals surface area contributed by atoms with Gasteiger partial charge in [-0.25, -0.2) is 0 Å². The molecular formula is C25H22N2O3. The van der Waals surface area contributed by atoms with Gasteiger partial charge in [-0.1, -0.05) is 54.6 Å². The molecule has 5 nitrogen and oxygen atoms in total. The largest absolute Gasteiger partial charge is 0.490 e. The third kappa shape index (κ3) is 3.03. The summed E-state index contributed by atoms with van der Waals surface area (Å²) in [6.45, 7) is 0.